The number of rotatable bonds is 3. The summed E-state index contributed by atoms with van der Waals surface area (Å²) in [6.07, 6.45) is 4.87. The Morgan fingerprint density at radius 3 is 2.88 bits per heavy atom. The first-order valence-corrected chi connectivity index (χ1v) is 6.65. The second-order valence-corrected chi connectivity index (χ2v) is 5.11. The third-order valence-electron chi connectivity index (χ3n) is 3.57. The zero-order chi connectivity index (χ0) is 12.3. The minimum Gasteiger partial charge on any atom is -0.496 e. The van der Waals surface area contributed by atoms with Gasteiger partial charge in [-0.25, -0.2) is 0 Å². The van der Waals surface area contributed by atoms with E-state index in [0.717, 1.165) is 29.3 Å². The molecule has 0 aromatic heterocycles. The zero-order valence-corrected chi connectivity index (χ0v) is 11.3. The summed E-state index contributed by atoms with van der Waals surface area (Å²) in [6, 6.07) is 4.44. The molecule has 1 aromatic carbocycles. The molecule has 2 nitrogen and oxygen atoms in total. The molecule has 0 bridgehead atoms. The molecule has 0 amide bonds. The molecule has 17 heavy (non-hydrogen) atoms. The molecule has 0 aliphatic carbocycles. The van der Waals surface area contributed by atoms with Gasteiger partial charge >= 0.3 is 0 Å². The minimum absolute atomic E-state index is 0.565. The Kier molecular flexibility index (Phi) is 4.30. The Morgan fingerprint density at radius 2 is 2.24 bits per heavy atom. The van der Waals surface area contributed by atoms with Crippen molar-refractivity contribution in [3.05, 3.63) is 28.3 Å². The minimum atomic E-state index is 0.565. The zero-order valence-electron chi connectivity index (χ0n) is 10.6. The first kappa shape index (κ1) is 12.7. The van der Waals surface area contributed by atoms with Crippen molar-refractivity contribution in [1.29, 1.82) is 0 Å². The molecule has 1 fully saturated rings. The number of piperidine rings is 1. The van der Waals surface area contributed by atoms with Crippen LogP contribution in [0.2, 0.25) is 5.02 Å². The van der Waals surface area contributed by atoms with Crippen LogP contribution in [-0.2, 0) is 6.42 Å². The number of hydrogen-bond acceptors (Lipinski definition) is 2. The summed E-state index contributed by atoms with van der Waals surface area (Å²) in [4.78, 5) is 0. The summed E-state index contributed by atoms with van der Waals surface area (Å²) < 4.78 is 5.44. The van der Waals surface area contributed by atoms with E-state index in [1.807, 2.05) is 12.1 Å². The molecule has 1 heterocycles. The van der Waals surface area contributed by atoms with Crippen LogP contribution in [0.15, 0.2) is 12.1 Å². The molecule has 1 saturated heterocycles. The van der Waals surface area contributed by atoms with Gasteiger partial charge in [-0.1, -0.05) is 18.0 Å². The van der Waals surface area contributed by atoms with Crippen molar-refractivity contribution in [1.82, 2.24) is 5.32 Å². The van der Waals surface area contributed by atoms with Crippen molar-refractivity contribution >= 4 is 11.6 Å². The lowest BCUT2D eigenvalue weighted by molar-refractivity contribution is 0.381. The first-order valence-electron chi connectivity index (χ1n) is 6.27. The van der Waals surface area contributed by atoms with Crippen LogP contribution in [0.4, 0.5) is 0 Å². The molecular weight excluding hydrogens is 234 g/mol. The number of ether oxygens (including phenoxy) is 1. The summed E-state index contributed by atoms with van der Waals surface area (Å²) in [5.41, 5.74) is 2.40. The van der Waals surface area contributed by atoms with Gasteiger partial charge in [0.2, 0.25) is 0 Å². The van der Waals surface area contributed by atoms with Crippen molar-refractivity contribution in [2.45, 2.75) is 38.6 Å². The predicted molar refractivity (Wildman–Crippen MR) is 72.1 cm³/mol. The van der Waals surface area contributed by atoms with Gasteiger partial charge in [0.15, 0.2) is 0 Å². The van der Waals surface area contributed by atoms with Crippen molar-refractivity contribution in [3.63, 3.8) is 0 Å². The van der Waals surface area contributed by atoms with Crippen LogP contribution in [0.25, 0.3) is 0 Å². The number of nitrogens with one attached hydrogen (secondary N) is 1. The SMILES string of the molecule is COc1ccc(Cl)c(C)c1CC1CCCCN1. The third kappa shape index (κ3) is 2.93. The Balaban J connectivity index is 2.20. The van der Waals surface area contributed by atoms with Gasteiger partial charge in [0.25, 0.3) is 0 Å². The van der Waals surface area contributed by atoms with Gasteiger partial charge in [-0.3, -0.25) is 0 Å². The van der Waals surface area contributed by atoms with E-state index in [1.165, 1.54) is 24.8 Å². The molecule has 1 aliphatic heterocycles. The van der Waals surface area contributed by atoms with Crippen molar-refractivity contribution < 1.29 is 4.74 Å². The van der Waals surface area contributed by atoms with E-state index in [-0.39, 0.29) is 0 Å². The molecule has 3 heteroatoms. The molecule has 1 aromatic rings. The van der Waals surface area contributed by atoms with E-state index < -0.39 is 0 Å². The highest BCUT2D eigenvalue weighted by Gasteiger charge is 2.17. The topological polar surface area (TPSA) is 21.3 Å². The highest BCUT2D eigenvalue weighted by Crippen LogP contribution is 2.30. The molecule has 0 radical (unpaired) electrons. The van der Waals surface area contributed by atoms with Crippen molar-refractivity contribution in [3.8, 4) is 5.75 Å². The molecule has 0 saturated carbocycles. The van der Waals surface area contributed by atoms with Gasteiger partial charge in [-0.15, -0.1) is 0 Å². The Bertz CT molecular complexity index is 386. The maximum Gasteiger partial charge on any atom is 0.122 e. The second-order valence-electron chi connectivity index (χ2n) is 4.70. The van der Waals surface area contributed by atoms with Gasteiger partial charge in [-0.2, -0.15) is 0 Å². The normalized spacial score (nSPS) is 20.3. The molecular formula is C14H20ClNO. The fourth-order valence-corrected chi connectivity index (χ4v) is 2.67. The van der Waals surface area contributed by atoms with E-state index in [0.29, 0.717) is 6.04 Å². The summed E-state index contributed by atoms with van der Waals surface area (Å²) in [6.45, 7) is 3.20. The van der Waals surface area contributed by atoms with Crippen LogP contribution in [0.5, 0.6) is 5.75 Å². The predicted octanol–water partition coefficient (Wildman–Crippen LogP) is 3.34. The molecule has 2 rings (SSSR count). The van der Waals surface area contributed by atoms with E-state index in [9.17, 15) is 0 Å². The number of methoxy groups -OCH3 is 1. The molecule has 0 spiro atoms. The van der Waals surface area contributed by atoms with Crippen molar-refractivity contribution in [2.75, 3.05) is 13.7 Å². The fraction of sp³-hybridized carbons (Fsp3) is 0.571. The lowest BCUT2D eigenvalue weighted by atomic mass is 9.94. The Labute approximate surface area is 108 Å². The first-order chi connectivity index (χ1) is 8.22. The standard InChI is InChI=1S/C14H20ClNO/c1-10-12(9-11-5-3-4-8-16-11)14(17-2)7-6-13(10)15/h6-7,11,16H,3-5,8-9H2,1-2H3. The molecule has 1 aliphatic rings. The lowest BCUT2D eigenvalue weighted by Crippen LogP contribution is -2.35. The van der Waals surface area contributed by atoms with Gasteiger partial charge in [0.1, 0.15) is 5.75 Å². The Morgan fingerprint density at radius 1 is 1.41 bits per heavy atom. The number of halogens is 1. The number of hydrogen-bond donors (Lipinski definition) is 1. The van der Waals surface area contributed by atoms with Gasteiger partial charge in [-0.05, 0) is 50.4 Å². The van der Waals surface area contributed by atoms with Crippen LogP contribution < -0.4 is 10.1 Å². The summed E-state index contributed by atoms with van der Waals surface area (Å²) in [7, 11) is 1.72. The molecule has 1 N–H and O–H groups in total. The van der Waals surface area contributed by atoms with Crippen LogP contribution in [0.1, 0.15) is 30.4 Å². The second kappa shape index (κ2) is 5.74. The van der Waals surface area contributed by atoms with Crippen LogP contribution in [0, 0.1) is 6.92 Å². The highest BCUT2D eigenvalue weighted by molar-refractivity contribution is 6.31. The van der Waals surface area contributed by atoms with Crippen LogP contribution >= 0.6 is 11.6 Å². The van der Waals surface area contributed by atoms with E-state index in [4.69, 9.17) is 16.3 Å². The van der Waals surface area contributed by atoms with Crippen LogP contribution in [-0.4, -0.2) is 19.7 Å². The fourth-order valence-electron chi connectivity index (χ4n) is 2.49. The summed E-state index contributed by atoms with van der Waals surface area (Å²) in [5.74, 6) is 0.958. The quantitative estimate of drug-likeness (QED) is 0.892. The average Bonchev–Trinajstić information content (AvgIpc) is 2.37. The maximum absolute atomic E-state index is 6.18. The highest BCUT2D eigenvalue weighted by atomic mass is 35.5. The molecule has 1 atom stereocenters. The summed E-state index contributed by atoms with van der Waals surface area (Å²) >= 11 is 6.18. The number of benzene rings is 1. The van der Waals surface area contributed by atoms with E-state index in [2.05, 4.69) is 12.2 Å². The smallest absolute Gasteiger partial charge is 0.122 e. The largest absolute Gasteiger partial charge is 0.496 e. The maximum atomic E-state index is 6.18. The average molecular weight is 254 g/mol. The Hall–Kier alpha value is -0.730. The monoisotopic (exact) mass is 253 g/mol. The summed E-state index contributed by atoms with van der Waals surface area (Å²) in [5, 5.41) is 4.40. The third-order valence-corrected chi connectivity index (χ3v) is 3.98. The van der Waals surface area contributed by atoms with E-state index >= 15 is 0 Å². The molecule has 94 valence electrons. The lowest BCUT2D eigenvalue weighted by Gasteiger charge is -2.25. The molecule has 1 unspecified atom stereocenters. The van der Waals surface area contributed by atoms with E-state index in [1.54, 1.807) is 7.11 Å². The van der Waals surface area contributed by atoms with Gasteiger partial charge in [0, 0.05) is 16.6 Å². The van der Waals surface area contributed by atoms with Crippen molar-refractivity contribution in [2.24, 2.45) is 0 Å². The van der Waals surface area contributed by atoms with Gasteiger partial charge < -0.3 is 10.1 Å². The van der Waals surface area contributed by atoms with Gasteiger partial charge in [0.05, 0.1) is 7.11 Å². The van der Waals surface area contributed by atoms with Crippen LogP contribution in [0.3, 0.4) is 0 Å².